The second-order valence-electron chi connectivity index (χ2n) is 28.8. The third-order valence-electron chi connectivity index (χ3n) is 20.6. The maximum Gasteiger partial charge on any atom is 0.174 e. The number of Topliss-reactive ketones (excluding diaryl/α,β-unsaturated/α-hetero) is 3. The molecule has 15 rings (SSSR count). The van der Waals surface area contributed by atoms with Gasteiger partial charge in [-0.3, -0.25) is 19.3 Å². The molecular formula is C93H106N4O9S2. The molecule has 5 heterocycles. The first-order valence-corrected chi connectivity index (χ1v) is 40.3. The van der Waals surface area contributed by atoms with E-state index in [1.54, 1.807) is 41.3 Å². The summed E-state index contributed by atoms with van der Waals surface area (Å²) in [6.07, 6.45) is 15.1. The summed E-state index contributed by atoms with van der Waals surface area (Å²) in [5.41, 5.74) is 11.1. The summed E-state index contributed by atoms with van der Waals surface area (Å²) >= 11 is 3.39. The van der Waals surface area contributed by atoms with Gasteiger partial charge in [0.2, 0.25) is 0 Å². The number of aliphatic hydroxyl groups is 1. The molecule has 0 radical (unpaired) electrons. The smallest absolute Gasteiger partial charge is 0.174 e. The largest absolute Gasteiger partial charge is 0.508 e. The number of hydrogen-bond acceptors (Lipinski definition) is 15. The topological polar surface area (TPSA) is 159 Å². The van der Waals surface area contributed by atoms with Gasteiger partial charge >= 0.3 is 0 Å². The molecule has 2 unspecified atom stereocenters. The van der Waals surface area contributed by atoms with Gasteiger partial charge in [0, 0.05) is 83.6 Å². The molecule has 108 heavy (non-hydrogen) atoms. The quantitative estimate of drug-likeness (QED) is 0.0398. The monoisotopic (exact) mass is 1490 g/mol. The Morgan fingerprint density at radius 3 is 2.05 bits per heavy atom. The predicted octanol–water partition coefficient (Wildman–Crippen LogP) is 19.9. The van der Waals surface area contributed by atoms with E-state index in [0.717, 1.165) is 125 Å². The Morgan fingerprint density at radius 1 is 0.620 bits per heavy atom. The number of aromatic hydroxyl groups is 1. The van der Waals surface area contributed by atoms with E-state index in [1.807, 2.05) is 166 Å². The van der Waals surface area contributed by atoms with Crippen molar-refractivity contribution in [1.29, 1.82) is 0 Å². The van der Waals surface area contributed by atoms with Crippen LogP contribution in [0.5, 0.6) is 28.7 Å². The van der Waals surface area contributed by atoms with E-state index in [-0.39, 0.29) is 17.5 Å². The van der Waals surface area contributed by atoms with Crippen molar-refractivity contribution < 1.29 is 43.5 Å². The molecule has 0 bridgehead atoms. The van der Waals surface area contributed by atoms with E-state index in [4.69, 9.17) is 18.9 Å². The van der Waals surface area contributed by atoms with Crippen LogP contribution in [-0.2, 0) is 31.7 Å². The molecule has 2 atom stereocenters. The maximum absolute atomic E-state index is 12.9. The van der Waals surface area contributed by atoms with Crippen LogP contribution in [0.1, 0.15) is 158 Å². The molecule has 1 aliphatic carbocycles. The Morgan fingerprint density at radius 2 is 1.31 bits per heavy atom. The summed E-state index contributed by atoms with van der Waals surface area (Å²) in [7, 11) is 1.94. The van der Waals surface area contributed by atoms with Crippen molar-refractivity contribution in [3.63, 3.8) is 0 Å². The van der Waals surface area contributed by atoms with E-state index >= 15 is 0 Å². The fraction of sp³-hybridized carbons (Fsp3) is 0.344. The van der Waals surface area contributed by atoms with Crippen LogP contribution < -0.4 is 29.6 Å². The normalized spacial score (nSPS) is 16.9. The molecule has 0 amide bonds. The molecule has 4 aliphatic heterocycles. The second kappa shape index (κ2) is 41.3. The highest BCUT2D eigenvalue weighted by molar-refractivity contribution is 7.99. The van der Waals surface area contributed by atoms with Crippen LogP contribution in [0.25, 0.3) is 0 Å². The third kappa shape index (κ3) is 23.8. The fourth-order valence-electron chi connectivity index (χ4n) is 14.3. The molecule has 1 aromatic heterocycles. The van der Waals surface area contributed by atoms with Crippen LogP contribution in [0.15, 0.2) is 240 Å². The van der Waals surface area contributed by atoms with Gasteiger partial charge in [-0.15, -0.1) is 11.3 Å². The number of fused-ring (bicyclic) bond motifs is 3. The van der Waals surface area contributed by atoms with Crippen LogP contribution in [0, 0.1) is 32.6 Å². The molecule has 13 nitrogen and oxygen atoms in total. The molecule has 5 aliphatic rings. The molecule has 9 aromatic carbocycles. The van der Waals surface area contributed by atoms with Crippen LogP contribution >= 0.6 is 23.1 Å². The van der Waals surface area contributed by atoms with Gasteiger partial charge in [0.1, 0.15) is 42.7 Å². The van der Waals surface area contributed by atoms with Gasteiger partial charge in [0.25, 0.3) is 0 Å². The number of ketones is 3. The summed E-state index contributed by atoms with van der Waals surface area (Å²) in [5, 5.41) is 30.3. The molecular weight excluding hydrogens is 1380 g/mol. The fourth-order valence-corrected chi connectivity index (χ4v) is 15.9. The summed E-state index contributed by atoms with van der Waals surface area (Å²) in [6, 6.07) is 73.8. The zero-order valence-electron chi connectivity index (χ0n) is 63.2. The minimum Gasteiger partial charge on any atom is -0.508 e. The first-order chi connectivity index (χ1) is 52.7. The van der Waals surface area contributed by atoms with E-state index in [0.29, 0.717) is 74.5 Å². The molecule has 15 heteroatoms. The SMILES string of the molecule is CNCc1ccccc1Sc1ccc(C)c(O)c1.Cc1ccc(NCc2ccc(OCc3cccs3)cc2)cc1.Cc1ccc2c(c1)C(=O)C(CN1CCCCC1)CO2.O=C(CCC1CCCCCC1)c1ccccc1.O=C(CCN1CCc2ccccc2C(O)(c2ccccc2)C1)c1ccc2c(c1)OCCO2. The number of carbonyl (C=O) groups is 3. The number of nitrogens with zero attached hydrogens (tertiary/aromatic N) is 2. The number of nitrogens with one attached hydrogen (secondary N) is 2. The van der Waals surface area contributed by atoms with E-state index in [1.165, 1.54) is 84.3 Å². The number of β-amino-alcohol motifs (C(OH)–C–C–N with tert-alkyl or cyclic N) is 1. The lowest BCUT2D eigenvalue weighted by Crippen LogP contribution is -2.41. The van der Waals surface area contributed by atoms with Gasteiger partial charge in [0.15, 0.2) is 28.8 Å². The van der Waals surface area contributed by atoms with E-state index in [9.17, 15) is 24.6 Å². The van der Waals surface area contributed by atoms with Crippen molar-refractivity contribution in [2.24, 2.45) is 11.8 Å². The number of benzene rings is 9. The highest BCUT2D eigenvalue weighted by Gasteiger charge is 2.38. The molecule has 4 N–H and O–H groups in total. The number of hydrogen-bond donors (Lipinski definition) is 4. The second-order valence-corrected chi connectivity index (χ2v) is 30.9. The summed E-state index contributed by atoms with van der Waals surface area (Å²) in [5.74, 6) is 4.77. The highest BCUT2D eigenvalue weighted by Crippen LogP contribution is 2.38. The number of ether oxygens (including phenoxy) is 4. The minimum absolute atomic E-state index is 0.00685. The number of carbonyl (C=O) groups excluding carboxylic acids is 3. The van der Waals surface area contributed by atoms with Crippen molar-refractivity contribution in [2.45, 2.75) is 139 Å². The Bertz CT molecular complexity index is 4430. The van der Waals surface area contributed by atoms with E-state index < -0.39 is 5.60 Å². The third-order valence-corrected chi connectivity index (χ3v) is 22.5. The summed E-state index contributed by atoms with van der Waals surface area (Å²) < 4.78 is 22.7. The van der Waals surface area contributed by atoms with Gasteiger partial charge in [-0.1, -0.05) is 213 Å². The predicted molar refractivity (Wildman–Crippen MR) is 438 cm³/mol. The lowest BCUT2D eigenvalue weighted by Gasteiger charge is -2.33. The van der Waals surface area contributed by atoms with Crippen LogP contribution in [0.2, 0.25) is 0 Å². The zero-order chi connectivity index (χ0) is 75.3. The summed E-state index contributed by atoms with van der Waals surface area (Å²) in [4.78, 5) is 45.6. The van der Waals surface area contributed by atoms with Crippen molar-refractivity contribution in [3.8, 4) is 28.7 Å². The number of piperidine rings is 1. The molecule has 10 aromatic rings. The maximum atomic E-state index is 12.9. The van der Waals surface area contributed by atoms with Gasteiger partial charge in [-0.05, 0) is 190 Å². The van der Waals surface area contributed by atoms with Gasteiger partial charge < -0.3 is 44.7 Å². The Hall–Kier alpha value is -9.32. The Kier molecular flexibility index (Phi) is 30.5. The van der Waals surface area contributed by atoms with Crippen LogP contribution in [0.4, 0.5) is 5.69 Å². The van der Waals surface area contributed by atoms with Gasteiger partial charge in [-0.2, -0.15) is 0 Å². The van der Waals surface area contributed by atoms with Crippen molar-refractivity contribution in [3.05, 3.63) is 296 Å². The minimum atomic E-state index is -1.12. The van der Waals surface area contributed by atoms with Crippen LogP contribution in [-0.4, -0.2) is 103 Å². The summed E-state index contributed by atoms with van der Waals surface area (Å²) in [6.45, 7) is 14.8. The number of thiophene rings is 1. The van der Waals surface area contributed by atoms with Crippen LogP contribution in [0.3, 0.4) is 0 Å². The lowest BCUT2D eigenvalue weighted by atomic mass is 9.83. The molecule has 0 spiro atoms. The number of likely N-dealkylation sites (tertiary alicyclic amines) is 1. The Labute approximate surface area is 648 Å². The highest BCUT2D eigenvalue weighted by atomic mass is 32.2. The number of anilines is 1. The van der Waals surface area contributed by atoms with E-state index in [2.05, 4.69) is 93.4 Å². The van der Waals surface area contributed by atoms with Crippen molar-refractivity contribution in [1.82, 2.24) is 15.1 Å². The first-order valence-electron chi connectivity index (χ1n) is 38.6. The average Bonchev–Trinajstić information content (AvgIpc) is 1.49. The van der Waals surface area contributed by atoms with Gasteiger partial charge in [0.05, 0.1) is 18.1 Å². The number of aryl methyl sites for hydroxylation is 3. The lowest BCUT2D eigenvalue weighted by molar-refractivity contribution is 0.0401. The Balaban J connectivity index is 0.000000137. The standard InChI is InChI=1S/C27H27NO4.C19H19NOS.C16H21NO2.C16H22O.C15H17NOS/c29-24(21-10-11-25-26(18-21)32-17-16-31-25)13-15-28-14-12-20-6-4-5-9-23(20)27(30,19-28)22-7-2-1-3-8-22;1-15-4-8-17(9-5-15)20-13-16-6-10-18(11-7-16)21-14-19-3-2-12-22-19;1-12-5-6-15-14(9-12)16(18)13(11-19-15)10-17-7-3-2-4-8-17;17-16(15-10-6-3-7-11-15)13-12-14-8-4-1-2-5-9-14;1-11-7-8-13(9-14(11)17)18-15-6-4-3-5-12(15)10-16-2/h1-11,18,30H,12-17,19H2;2-12,20H,13-14H2,1H3;5-6,9,13H,2-4,7-8,10-11H2,1H3;3,6-7,10-11,14H,1-2,4-5,8-9,12-13H2;3-9,16-17H,10H2,1-2H3. The van der Waals surface area contributed by atoms with Crippen molar-refractivity contribution in [2.75, 3.05) is 71.5 Å². The number of phenols is 1. The number of phenolic OH excluding ortho intramolecular Hbond substituents is 1. The molecule has 564 valence electrons. The average molecular weight is 1490 g/mol. The van der Waals surface area contributed by atoms with Gasteiger partial charge in [-0.25, -0.2) is 0 Å². The van der Waals surface area contributed by atoms with Crippen molar-refractivity contribution >= 4 is 46.1 Å². The zero-order valence-corrected chi connectivity index (χ0v) is 64.9. The molecule has 2 fully saturated rings. The number of rotatable bonds is 21. The molecule has 1 saturated heterocycles. The first kappa shape index (κ1) is 79.7. The molecule has 1 saturated carbocycles.